The Labute approximate surface area is 152 Å². The maximum Gasteiger partial charge on any atom is 0.280 e. The Balaban J connectivity index is 2.18. The van der Waals surface area contributed by atoms with Crippen LogP contribution in [0.5, 0.6) is 5.75 Å². The molecule has 1 aromatic heterocycles. The zero-order valence-electron chi connectivity index (χ0n) is 13.5. The van der Waals surface area contributed by atoms with Crippen LogP contribution in [0.4, 0.5) is 0 Å². The third-order valence-electron chi connectivity index (χ3n) is 3.58. The first-order chi connectivity index (χ1) is 11.7. The number of aromatic nitrogens is 1. The van der Waals surface area contributed by atoms with Crippen molar-refractivity contribution in [2.24, 2.45) is 4.99 Å². The predicted octanol–water partition coefficient (Wildman–Crippen LogP) is 4.63. The summed E-state index contributed by atoms with van der Waals surface area (Å²) in [6, 6.07) is 13.3. The number of fused-ring (bicyclic) bond motifs is 1. The van der Waals surface area contributed by atoms with E-state index in [0.717, 1.165) is 20.4 Å². The van der Waals surface area contributed by atoms with Crippen molar-refractivity contribution in [3.63, 3.8) is 0 Å². The smallest absolute Gasteiger partial charge is 0.280 e. The number of rotatable bonds is 4. The van der Waals surface area contributed by atoms with Gasteiger partial charge in [-0.25, -0.2) is 0 Å². The summed E-state index contributed by atoms with van der Waals surface area (Å²) < 4.78 is 9.57. The highest BCUT2D eigenvalue weighted by molar-refractivity contribution is 9.10. The van der Waals surface area contributed by atoms with Crippen LogP contribution < -0.4 is 9.54 Å². The number of para-hydroxylation sites is 1. The fraction of sp³-hybridized carbons (Fsp3) is 0.222. The first-order valence-electron chi connectivity index (χ1n) is 7.74. The molecule has 0 aliphatic carbocycles. The number of ether oxygens (including phenoxy) is 1. The summed E-state index contributed by atoms with van der Waals surface area (Å²) in [7, 11) is 0. The van der Waals surface area contributed by atoms with Crippen LogP contribution in [0, 0.1) is 0 Å². The summed E-state index contributed by atoms with van der Waals surface area (Å²) in [6.07, 6.45) is 0. The number of carbonyl (C=O) groups excluding carboxylic acids is 1. The lowest BCUT2D eigenvalue weighted by Gasteiger charge is -2.07. The summed E-state index contributed by atoms with van der Waals surface area (Å²) in [5.74, 6) is 0.567. The molecule has 124 valence electrons. The summed E-state index contributed by atoms with van der Waals surface area (Å²) in [6.45, 7) is 5.31. The average molecular weight is 405 g/mol. The molecule has 2 aromatic carbocycles. The molecule has 0 aliphatic heterocycles. The molecular formula is C18H17BrN2O2S. The number of benzene rings is 2. The van der Waals surface area contributed by atoms with Crippen molar-refractivity contribution in [3.8, 4) is 5.75 Å². The second-order valence-electron chi connectivity index (χ2n) is 5.06. The highest BCUT2D eigenvalue weighted by atomic mass is 79.9. The van der Waals surface area contributed by atoms with Crippen LogP contribution in [0.1, 0.15) is 24.2 Å². The fourth-order valence-electron chi connectivity index (χ4n) is 2.53. The topological polar surface area (TPSA) is 43.6 Å². The van der Waals surface area contributed by atoms with Crippen LogP contribution in [0.3, 0.4) is 0 Å². The van der Waals surface area contributed by atoms with Crippen molar-refractivity contribution in [2.45, 2.75) is 20.4 Å². The number of thiazole rings is 1. The molecule has 6 heteroatoms. The first-order valence-corrected chi connectivity index (χ1v) is 9.35. The number of amides is 1. The lowest BCUT2D eigenvalue weighted by atomic mass is 10.2. The first kappa shape index (κ1) is 16.9. The van der Waals surface area contributed by atoms with Gasteiger partial charge in [0.1, 0.15) is 11.3 Å². The number of carbonyl (C=O) groups is 1. The Hall–Kier alpha value is -1.92. The molecule has 0 spiro atoms. The molecule has 0 saturated heterocycles. The number of hydrogen-bond acceptors (Lipinski definition) is 3. The SMILES string of the molecule is CCOc1cccc2sc(=NC(=O)c3ccccc3Br)n(CC)c12. The second-order valence-corrected chi connectivity index (χ2v) is 6.93. The number of halogens is 1. The van der Waals surface area contributed by atoms with Crippen LogP contribution in [0.15, 0.2) is 51.9 Å². The van der Waals surface area contributed by atoms with E-state index in [1.54, 1.807) is 6.07 Å². The van der Waals surface area contributed by atoms with E-state index in [-0.39, 0.29) is 5.91 Å². The minimum absolute atomic E-state index is 0.255. The lowest BCUT2D eigenvalue weighted by molar-refractivity contribution is 0.0997. The van der Waals surface area contributed by atoms with Crippen molar-refractivity contribution in [1.82, 2.24) is 4.57 Å². The molecule has 3 rings (SSSR count). The minimum Gasteiger partial charge on any atom is -0.492 e. The van der Waals surface area contributed by atoms with Gasteiger partial charge in [0.25, 0.3) is 5.91 Å². The van der Waals surface area contributed by atoms with Gasteiger partial charge in [-0.3, -0.25) is 4.79 Å². The molecule has 0 aliphatic rings. The maximum absolute atomic E-state index is 12.6. The van der Waals surface area contributed by atoms with E-state index in [1.165, 1.54) is 11.3 Å². The van der Waals surface area contributed by atoms with E-state index in [2.05, 4.69) is 20.9 Å². The molecule has 0 unspecified atom stereocenters. The van der Waals surface area contributed by atoms with Crippen molar-refractivity contribution in [1.29, 1.82) is 0 Å². The Kier molecular flexibility index (Phi) is 5.16. The van der Waals surface area contributed by atoms with E-state index >= 15 is 0 Å². The van der Waals surface area contributed by atoms with Gasteiger partial charge < -0.3 is 9.30 Å². The summed E-state index contributed by atoms with van der Waals surface area (Å²) >= 11 is 4.91. The van der Waals surface area contributed by atoms with Crippen molar-refractivity contribution in [3.05, 3.63) is 57.3 Å². The zero-order chi connectivity index (χ0) is 17.1. The standard InChI is InChI=1S/C18H17BrN2O2S/c1-3-21-16-14(23-4-2)10-7-11-15(16)24-18(21)20-17(22)12-8-5-6-9-13(12)19/h5-11H,3-4H2,1-2H3. The predicted molar refractivity (Wildman–Crippen MR) is 101 cm³/mol. The van der Waals surface area contributed by atoms with E-state index in [0.29, 0.717) is 23.5 Å². The van der Waals surface area contributed by atoms with Crippen LogP contribution in [0.2, 0.25) is 0 Å². The quantitative estimate of drug-likeness (QED) is 0.636. The van der Waals surface area contributed by atoms with Gasteiger partial charge in [0, 0.05) is 11.0 Å². The van der Waals surface area contributed by atoms with Crippen molar-refractivity contribution >= 4 is 43.4 Å². The van der Waals surface area contributed by atoms with Crippen LogP contribution >= 0.6 is 27.3 Å². The van der Waals surface area contributed by atoms with Gasteiger partial charge in [0.2, 0.25) is 0 Å². The van der Waals surface area contributed by atoms with Gasteiger partial charge in [-0.15, -0.1) is 0 Å². The van der Waals surface area contributed by atoms with Crippen LogP contribution in [0.25, 0.3) is 10.2 Å². The normalized spacial score (nSPS) is 11.9. The molecule has 0 radical (unpaired) electrons. The minimum atomic E-state index is -0.255. The van der Waals surface area contributed by atoms with E-state index in [1.807, 2.05) is 54.8 Å². The molecule has 0 fully saturated rings. The molecule has 3 aromatic rings. The highest BCUT2D eigenvalue weighted by Gasteiger charge is 2.13. The molecule has 0 bridgehead atoms. The number of aryl methyl sites for hydroxylation is 1. The Bertz CT molecular complexity index is 959. The monoisotopic (exact) mass is 404 g/mol. The van der Waals surface area contributed by atoms with Gasteiger partial charge >= 0.3 is 0 Å². The molecule has 0 N–H and O–H groups in total. The number of hydrogen-bond donors (Lipinski definition) is 0. The van der Waals surface area contributed by atoms with Gasteiger partial charge in [0.05, 0.1) is 16.9 Å². The van der Waals surface area contributed by atoms with Gasteiger partial charge in [0.15, 0.2) is 4.80 Å². The molecule has 24 heavy (non-hydrogen) atoms. The van der Waals surface area contributed by atoms with Gasteiger partial charge in [-0.1, -0.05) is 29.5 Å². The third-order valence-corrected chi connectivity index (χ3v) is 5.32. The van der Waals surface area contributed by atoms with E-state index in [4.69, 9.17) is 4.74 Å². The Morgan fingerprint density at radius 1 is 1.21 bits per heavy atom. The fourth-order valence-corrected chi connectivity index (χ4v) is 4.09. The van der Waals surface area contributed by atoms with E-state index in [9.17, 15) is 4.79 Å². The molecule has 1 heterocycles. The summed E-state index contributed by atoms with van der Waals surface area (Å²) in [5, 5.41) is 0. The maximum atomic E-state index is 12.6. The van der Waals surface area contributed by atoms with Crippen molar-refractivity contribution in [2.75, 3.05) is 6.61 Å². The van der Waals surface area contributed by atoms with Crippen LogP contribution in [-0.2, 0) is 6.54 Å². The van der Waals surface area contributed by atoms with Crippen molar-refractivity contribution < 1.29 is 9.53 Å². The molecule has 0 saturated carbocycles. The third kappa shape index (κ3) is 3.16. The van der Waals surface area contributed by atoms with Gasteiger partial charge in [-0.2, -0.15) is 4.99 Å². The van der Waals surface area contributed by atoms with Crippen LogP contribution in [-0.4, -0.2) is 17.1 Å². The highest BCUT2D eigenvalue weighted by Crippen LogP contribution is 2.27. The summed E-state index contributed by atoms with van der Waals surface area (Å²) in [4.78, 5) is 17.6. The average Bonchev–Trinajstić information content (AvgIpc) is 2.93. The van der Waals surface area contributed by atoms with Gasteiger partial charge in [-0.05, 0) is 54.0 Å². The molecular weight excluding hydrogens is 388 g/mol. The largest absolute Gasteiger partial charge is 0.492 e. The summed E-state index contributed by atoms with van der Waals surface area (Å²) in [5.41, 5.74) is 1.55. The lowest BCUT2D eigenvalue weighted by Crippen LogP contribution is -2.16. The molecule has 0 atom stereocenters. The van der Waals surface area contributed by atoms with E-state index < -0.39 is 0 Å². The molecule has 4 nitrogen and oxygen atoms in total. The number of nitrogens with zero attached hydrogens (tertiary/aromatic N) is 2. The second kappa shape index (κ2) is 7.32. The zero-order valence-corrected chi connectivity index (χ0v) is 15.9. The Morgan fingerprint density at radius 3 is 2.71 bits per heavy atom. The Morgan fingerprint density at radius 2 is 2.00 bits per heavy atom. The molecule has 1 amide bonds.